The highest BCUT2D eigenvalue weighted by Crippen LogP contribution is 2.26. The summed E-state index contributed by atoms with van der Waals surface area (Å²) in [7, 11) is 0. The van der Waals surface area contributed by atoms with Crippen LogP contribution < -0.4 is 4.74 Å². The van der Waals surface area contributed by atoms with Crippen LogP contribution in [0.2, 0.25) is 0 Å². The molecule has 1 atom stereocenters. The Balaban J connectivity index is 2.92. The first-order valence-electron chi connectivity index (χ1n) is 5.83. The van der Waals surface area contributed by atoms with Gasteiger partial charge in [0.05, 0.1) is 12.7 Å². The van der Waals surface area contributed by atoms with Crippen molar-refractivity contribution in [3.8, 4) is 5.75 Å². The van der Waals surface area contributed by atoms with Crippen molar-refractivity contribution in [2.75, 3.05) is 6.61 Å². The van der Waals surface area contributed by atoms with Crippen molar-refractivity contribution >= 4 is 0 Å². The lowest BCUT2D eigenvalue weighted by atomic mass is 9.98. The Labute approximate surface area is 98.3 Å². The average molecular weight is 222 g/mol. The Morgan fingerprint density at radius 2 is 1.62 bits per heavy atom. The maximum atomic E-state index is 9.65. The zero-order valence-corrected chi connectivity index (χ0v) is 10.9. The lowest BCUT2D eigenvalue weighted by Gasteiger charge is -2.16. The Kier molecular flexibility index (Phi) is 4.36. The van der Waals surface area contributed by atoms with Crippen molar-refractivity contribution in [2.45, 2.75) is 40.7 Å². The normalized spacial score (nSPS) is 12.9. The number of ether oxygens (including phenoxy) is 1. The highest BCUT2D eigenvalue weighted by molar-refractivity contribution is 5.42. The molecule has 0 bridgehead atoms. The van der Waals surface area contributed by atoms with Crippen LogP contribution in [-0.2, 0) is 0 Å². The van der Waals surface area contributed by atoms with E-state index < -0.39 is 6.10 Å². The maximum absolute atomic E-state index is 9.65. The average Bonchev–Trinajstić information content (AvgIpc) is 2.12. The summed E-state index contributed by atoms with van der Waals surface area (Å²) in [5.41, 5.74) is 3.19. The van der Waals surface area contributed by atoms with Gasteiger partial charge >= 0.3 is 0 Å². The third-order valence-corrected chi connectivity index (χ3v) is 2.57. The summed E-state index contributed by atoms with van der Waals surface area (Å²) in [6.45, 7) is 10.8. The Morgan fingerprint density at radius 3 is 2.00 bits per heavy atom. The molecule has 1 N–H and O–H groups in total. The fourth-order valence-electron chi connectivity index (χ4n) is 1.94. The second kappa shape index (κ2) is 5.35. The quantitative estimate of drug-likeness (QED) is 0.846. The van der Waals surface area contributed by atoms with E-state index in [4.69, 9.17) is 4.74 Å². The number of hydrogen-bond acceptors (Lipinski definition) is 2. The number of aliphatic hydroxyl groups is 1. The van der Waals surface area contributed by atoms with Crippen LogP contribution in [0.1, 0.15) is 43.6 Å². The monoisotopic (exact) mass is 222 g/mol. The lowest BCUT2D eigenvalue weighted by molar-refractivity contribution is 0.197. The van der Waals surface area contributed by atoms with E-state index in [1.165, 1.54) is 0 Å². The van der Waals surface area contributed by atoms with Gasteiger partial charge in [0.1, 0.15) is 5.75 Å². The first kappa shape index (κ1) is 13.0. The predicted molar refractivity (Wildman–Crippen MR) is 66.9 cm³/mol. The summed E-state index contributed by atoms with van der Waals surface area (Å²) in [6, 6.07) is 3.99. The van der Waals surface area contributed by atoms with E-state index in [2.05, 4.69) is 13.8 Å². The van der Waals surface area contributed by atoms with Crippen molar-refractivity contribution in [1.82, 2.24) is 0 Å². The smallest absolute Gasteiger partial charge is 0.119 e. The van der Waals surface area contributed by atoms with Gasteiger partial charge in [-0.2, -0.15) is 0 Å². The molecule has 0 amide bonds. The first-order valence-corrected chi connectivity index (χ1v) is 5.83. The predicted octanol–water partition coefficient (Wildman–Crippen LogP) is 3.39. The van der Waals surface area contributed by atoms with Crippen LogP contribution in [0.3, 0.4) is 0 Å². The molecule has 1 aromatic carbocycles. The third-order valence-electron chi connectivity index (χ3n) is 2.57. The van der Waals surface area contributed by atoms with E-state index >= 15 is 0 Å². The van der Waals surface area contributed by atoms with E-state index in [-0.39, 0.29) is 0 Å². The van der Waals surface area contributed by atoms with Gasteiger partial charge in [0.15, 0.2) is 0 Å². The van der Waals surface area contributed by atoms with E-state index in [9.17, 15) is 5.11 Å². The summed E-state index contributed by atoms with van der Waals surface area (Å²) in [4.78, 5) is 0. The van der Waals surface area contributed by atoms with Gasteiger partial charge < -0.3 is 9.84 Å². The molecule has 2 nitrogen and oxygen atoms in total. The Bertz CT molecular complexity index is 331. The topological polar surface area (TPSA) is 29.5 Å². The molecule has 1 aromatic rings. The van der Waals surface area contributed by atoms with Gasteiger partial charge in [-0.05, 0) is 55.5 Å². The van der Waals surface area contributed by atoms with Crippen LogP contribution in [0.25, 0.3) is 0 Å². The van der Waals surface area contributed by atoms with E-state index in [0.29, 0.717) is 5.92 Å². The molecule has 2 heteroatoms. The number of hydrogen-bond donors (Lipinski definition) is 1. The van der Waals surface area contributed by atoms with E-state index in [1.807, 2.05) is 26.0 Å². The molecule has 0 heterocycles. The number of benzene rings is 1. The molecular weight excluding hydrogens is 200 g/mol. The molecular formula is C14H22O2. The molecule has 0 aromatic heterocycles. The van der Waals surface area contributed by atoms with Crippen LogP contribution in [0.15, 0.2) is 12.1 Å². The first-order chi connectivity index (χ1) is 7.41. The second-order valence-electron chi connectivity index (χ2n) is 4.85. The van der Waals surface area contributed by atoms with Gasteiger partial charge in [-0.25, -0.2) is 0 Å². The molecule has 0 aliphatic rings. The van der Waals surface area contributed by atoms with Crippen molar-refractivity contribution < 1.29 is 9.84 Å². The summed E-state index contributed by atoms with van der Waals surface area (Å²) in [5, 5.41) is 9.65. The summed E-state index contributed by atoms with van der Waals surface area (Å²) < 4.78 is 5.68. The fourth-order valence-corrected chi connectivity index (χ4v) is 1.94. The molecule has 0 saturated carbocycles. The summed E-state index contributed by atoms with van der Waals surface area (Å²) in [6.07, 6.45) is -0.417. The van der Waals surface area contributed by atoms with E-state index in [1.54, 1.807) is 6.92 Å². The number of rotatable bonds is 4. The molecule has 0 saturated heterocycles. The summed E-state index contributed by atoms with van der Waals surface area (Å²) in [5.74, 6) is 1.42. The van der Waals surface area contributed by atoms with Gasteiger partial charge in [-0.3, -0.25) is 0 Å². The Morgan fingerprint density at radius 1 is 1.12 bits per heavy atom. The number of aliphatic hydroxyl groups excluding tert-OH is 1. The van der Waals surface area contributed by atoms with Crippen molar-refractivity contribution in [1.29, 1.82) is 0 Å². The second-order valence-corrected chi connectivity index (χ2v) is 4.85. The third kappa shape index (κ3) is 3.24. The van der Waals surface area contributed by atoms with Crippen LogP contribution in [0.4, 0.5) is 0 Å². The molecule has 0 radical (unpaired) electrons. The van der Waals surface area contributed by atoms with Crippen LogP contribution in [-0.4, -0.2) is 11.7 Å². The van der Waals surface area contributed by atoms with Crippen LogP contribution >= 0.6 is 0 Å². The molecule has 0 unspecified atom stereocenters. The molecule has 0 aliphatic carbocycles. The van der Waals surface area contributed by atoms with Crippen molar-refractivity contribution in [3.63, 3.8) is 0 Å². The Hall–Kier alpha value is -1.02. The maximum Gasteiger partial charge on any atom is 0.119 e. The van der Waals surface area contributed by atoms with Crippen molar-refractivity contribution in [2.24, 2.45) is 5.92 Å². The highest BCUT2D eigenvalue weighted by atomic mass is 16.5. The zero-order valence-electron chi connectivity index (χ0n) is 10.9. The standard InChI is InChI=1S/C14H22O2/c1-9(2)8-16-13-6-10(3)14(12(5)15)11(4)7-13/h6-7,9,12,15H,8H2,1-5H3/t12-/m0/s1. The molecule has 0 fully saturated rings. The largest absolute Gasteiger partial charge is 0.493 e. The molecule has 90 valence electrons. The van der Waals surface area contributed by atoms with E-state index in [0.717, 1.165) is 29.0 Å². The lowest BCUT2D eigenvalue weighted by Crippen LogP contribution is -2.06. The van der Waals surface area contributed by atoms with Crippen LogP contribution in [0, 0.1) is 19.8 Å². The molecule has 0 aliphatic heterocycles. The highest BCUT2D eigenvalue weighted by Gasteiger charge is 2.10. The molecule has 0 spiro atoms. The minimum absolute atomic E-state index is 0.417. The fraction of sp³-hybridized carbons (Fsp3) is 0.571. The van der Waals surface area contributed by atoms with Gasteiger partial charge in [-0.1, -0.05) is 13.8 Å². The van der Waals surface area contributed by atoms with Gasteiger partial charge in [0, 0.05) is 0 Å². The zero-order chi connectivity index (χ0) is 12.3. The molecule has 1 rings (SSSR count). The minimum Gasteiger partial charge on any atom is -0.493 e. The molecule has 16 heavy (non-hydrogen) atoms. The van der Waals surface area contributed by atoms with Crippen LogP contribution in [0.5, 0.6) is 5.75 Å². The SMILES string of the molecule is Cc1cc(OCC(C)C)cc(C)c1[C@H](C)O. The minimum atomic E-state index is -0.417. The van der Waals surface area contributed by atoms with Gasteiger partial charge in [0.2, 0.25) is 0 Å². The summed E-state index contributed by atoms with van der Waals surface area (Å²) >= 11 is 0. The number of aryl methyl sites for hydroxylation is 2. The van der Waals surface area contributed by atoms with Gasteiger partial charge in [-0.15, -0.1) is 0 Å². The van der Waals surface area contributed by atoms with Crippen molar-refractivity contribution in [3.05, 3.63) is 28.8 Å². The van der Waals surface area contributed by atoms with Gasteiger partial charge in [0.25, 0.3) is 0 Å².